The number of aromatic nitrogens is 3. The zero-order chi connectivity index (χ0) is 14.7. The van der Waals surface area contributed by atoms with Gasteiger partial charge >= 0.3 is 0 Å². The third-order valence-corrected chi connectivity index (χ3v) is 3.73. The lowest BCUT2D eigenvalue weighted by Crippen LogP contribution is -2.42. The van der Waals surface area contributed by atoms with Crippen LogP contribution in [0.25, 0.3) is 0 Å². The van der Waals surface area contributed by atoms with Crippen LogP contribution in [0.5, 0.6) is 0 Å². The fraction of sp³-hybridized carbons (Fsp3) is 0.333. The highest BCUT2D eigenvalue weighted by atomic mass is 16.2. The number of carbonyl (C=O) groups is 2. The third-order valence-electron chi connectivity index (χ3n) is 3.73. The van der Waals surface area contributed by atoms with Gasteiger partial charge in [-0.05, 0) is 25.0 Å². The molecule has 3 heterocycles. The van der Waals surface area contributed by atoms with Crippen LogP contribution in [0.3, 0.4) is 0 Å². The number of carbonyl (C=O) groups excluding carboxylic acids is 2. The predicted octanol–water partition coefficient (Wildman–Crippen LogP) is 1.54. The van der Waals surface area contributed by atoms with Gasteiger partial charge in [0.05, 0.1) is 12.5 Å². The first kappa shape index (κ1) is 13.5. The first-order valence-electron chi connectivity index (χ1n) is 6.98. The number of Topliss-reactive ketones (excluding diaryl/α,β-unsaturated/α-hetero) is 1. The molecule has 0 radical (unpaired) electrons. The Morgan fingerprint density at radius 3 is 2.95 bits per heavy atom. The van der Waals surface area contributed by atoms with E-state index in [1.807, 2.05) is 0 Å². The number of likely N-dealkylation sites (tertiary alicyclic amines) is 1. The first-order chi connectivity index (χ1) is 10.3. The highest BCUT2D eigenvalue weighted by molar-refractivity contribution is 5.97. The average Bonchev–Trinajstić information content (AvgIpc) is 3.09. The van der Waals surface area contributed by atoms with E-state index in [9.17, 15) is 9.59 Å². The summed E-state index contributed by atoms with van der Waals surface area (Å²) in [5, 5.41) is 0. The Labute approximate surface area is 122 Å². The lowest BCUT2D eigenvalue weighted by atomic mass is 9.92. The maximum atomic E-state index is 12.4. The maximum Gasteiger partial charge on any atom is 0.271 e. The van der Waals surface area contributed by atoms with Crippen molar-refractivity contribution >= 4 is 11.7 Å². The number of hydrogen-bond donors (Lipinski definition) is 1. The van der Waals surface area contributed by atoms with E-state index in [1.54, 1.807) is 29.3 Å². The molecule has 1 atom stereocenters. The summed E-state index contributed by atoms with van der Waals surface area (Å²) in [4.78, 5) is 37.2. The topological polar surface area (TPSA) is 79.0 Å². The molecule has 0 saturated carbocycles. The Bertz CT molecular complexity index is 624. The molecule has 1 aliphatic rings. The van der Waals surface area contributed by atoms with Crippen molar-refractivity contribution in [3.05, 3.63) is 48.3 Å². The quantitative estimate of drug-likeness (QED) is 0.867. The van der Waals surface area contributed by atoms with E-state index in [0.717, 1.165) is 12.8 Å². The molecule has 0 aromatic carbocycles. The molecule has 0 bridgehead atoms. The molecule has 0 spiro atoms. The highest BCUT2D eigenvalue weighted by Crippen LogP contribution is 2.21. The lowest BCUT2D eigenvalue weighted by molar-refractivity contribution is 0.0631. The van der Waals surface area contributed by atoms with Crippen LogP contribution in [0.1, 0.15) is 33.8 Å². The number of piperidine rings is 1. The van der Waals surface area contributed by atoms with Crippen molar-refractivity contribution in [2.45, 2.75) is 12.8 Å². The van der Waals surface area contributed by atoms with Crippen molar-refractivity contribution in [3.8, 4) is 0 Å². The van der Waals surface area contributed by atoms with Crippen LogP contribution in [0.2, 0.25) is 0 Å². The molecule has 1 saturated heterocycles. The molecular weight excluding hydrogens is 268 g/mol. The minimum absolute atomic E-state index is 0.0118. The summed E-state index contributed by atoms with van der Waals surface area (Å²) in [7, 11) is 0. The summed E-state index contributed by atoms with van der Waals surface area (Å²) in [6.07, 6.45) is 6.22. The van der Waals surface area contributed by atoms with Crippen LogP contribution in [-0.4, -0.2) is 44.6 Å². The molecule has 2 aromatic rings. The molecule has 0 aliphatic carbocycles. The van der Waals surface area contributed by atoms with Gasteiger partial charge in [-0.1, -0.05) is 6.07 Å². The van der Waals surface area contributed by atoms with Crippen molar-refractivity contribution in [1.29, 1.82) is 0 Å². The molecule has 1 fully saturated rings. The van der Waals surface area contributed by atoms with Crippen LogP contribution >= 0.6 is 0 Å². The molecule has 6 heteroatoms. The number of amides is 1. The van der Waals surface area contributed by atoms with Gasteiger partial charge in [-0.25, -0.2) is 4.98 Å². The highest BCUT2D eigenvalue weighted by Gasteiger charge is 2.30. The number of H-pyrrole nitrogens is 1. The molecule has 6 nitrogen and oxygen atoms in total. The summed E-state index contributed by atoms with van der Waals surface area (Å²) in [6.45, 7) is 1.11. The normalized spacial score (nSPS) is 18.5. The van der Waals surface area contributed by atoms with Gasteiger partial charge in [0, 0.05) is 25.2 Å². The number of rotatable bonds is 3. The summed E-state index contributed by atoms with van der Waals surface area (Å²) in [6, 6.07) is 5.31. The zero-order valence-electron chi connectivity index (χ0n) is 11.5. The third kappa shape index (κ3) is 2.84. The minimum atomic E-state index is -0.180. The van der Waals surface area contributed by atoms with Gasteiger partial charge in [0.1, 0.15) is 11.4 Å². The minimum Gasteiger partial charge on any atom is -0.341 e. The van der Waals surface area contributed by atoms with Gasteiger partial charge in [0.15, 0.2) is 5.78 Å². The number of hydrogen-bond acceptors (Lipinski definition) is 4. The van der Waals surface area contributed by atoms with E-state index in [0.29, 0.717) is 24.5 Å². The Balaban J connectivity index is 1.71. The summed E-state index contributed by atoms with van der Waals surface area (Å²) >= 11 is 0. The van der Waals surface area contributed by atoms with Crippen LogP contribution < -0.4 is 0 Å². The molecule has 1 amide bonds. The van der Waals surface area contributed by atoms with Crippen molar-refractivity contribution in [2.24, 2.45) is 5.92 Å². The van der Waals surface area contributed by atoms with E-state index >= 15 is 0 Å². The Hall–Kier alpha value is -2.50. The predicted molar refractivity (Wildman–Crippen MR) is 75.8 cm³/mol. The second-order valence-corrected chi connectivity index (χ2v) is 5.13. The van der Waals surface area contributed by atoms with E-state index in [-0.39, 0.29) is 17.6 Å². The van der Waals surface area contributed by atoms with Gasteiger partial charge in [-0.2, -0.15) is 0 Å². The fourth-order valence-corrected chi connectivity index (χ4v) is 2.64. The van der Waals surface area contributed by atoms with E-state index in [2.05, 4.69) is 15.0 Å². The first-order valence-corrected chi connectivity index (χ1v) is 6.98. The maximum absolute atomic E-state index is 12.4. The van der Waals surface area contributed by atoms with Gasteiger partial charge < -0.3 is 9.88 Å². The SMILES string of the molecule is O=C(c1ccccn1)C1CCCN(C(=O)c2cnc[nH]2)C1. The molecule has 1 aliphatic heterocycles. The number of ketones is 1. The van der Waals surface area contributed by atoms with Crippen molar-refractivity contribution in [2.75, 3.05) is 13.1 Å². The molecule has 3 rings (SSSR count). The Morgan fingerprint density at radius 1 is 1.33 bits per heavy atom. The molecule has 108 valence electrons. The molecule has 1 N–H and O–H groups in total. The van der Waals surface area contributed by atoms with Gasteiger partial charge in [0.25, 0.3) is 5.91 Å². The van der Waals surface area contributed by atoms with Gasteiger partial charge in [0.2, 0.25) is 0 Å². The van der Waals surface area contributed by atoms with E-state index in [1.165, 1.54) is 12.5 Å². The smallest absolute Gasteiger partial charge is 0.271 e. The van der Waals surface area contributed by atoms with Crippen LogP contribution in [0.4, 0.5) is 0 Å². The van der Waals surface area contributed by atoms with Crippen molar-refractivity contribution in [1.82, 2.24) is 19.9 Å². The standard InChI is InChI=1S/C15H16N4O2/c20-14(12-5-1-2-6-17-12)11-4-3-7-19(9-11)15(21)13-8-16-10-18-13/h1-2,5-6,8,10-11H,3-4,7,9H2,(H,16,18). The number of aromatic amines is 1. The van der Waals surface area contributed by atoms with Crippen molar-refractivity contribution < 1.29 is 9.59 Å². The van der Waals surface area contributed by atoms with Crippen LogP contribution in [-0.2, 0) is 0 Å². The average molecular weight is 284 g/mol. The van der Waals surface area contributed by atoms with Crippen LogP contribution in [0.15, 0.2) is 36.9 Å². The second-order valence-electron chi connectivity index (χ2n) is 5.13. The largest absolute Gasteiger partial charge is 0.341 e. The molecular formula is C15H16N4O2. The summed E-state index contributed by atoms with van der Waals surface area (Å²) in [5.41, 5.74) is 0.930. The monoisotopic (exact) mass is 284 g/mol. The summed E-state index contributed by atoms with van der Waals surface area (Å²) in [5.74, 6) is -0.274. The number of nitrogens with zero attached hydrogens (tertiary/aromatic N) is 3. The van der Waals surface area contributed by atoms with Gasteiger partial charge in [-0.3, -0.25) is 14.6 Å². The lowest BCUT2D eigenvalue weighted by Gasteiger charge is -2.31. The van der Waals surface area contributed by atoms with Crippen molar-refractivity contribution in [3.63, 3.8) is 0 Å². The fourth-order valence-electron chi connectivity index (χ4n) is 2.64. The molecule has 21 heavy (non-hydrogen) atoms. The number of nitrogens with one attached hydrogen (secondary N) is 1. The Morgan fingerprint density at radius 2 is 2.24 bits per heavy atom. The number of pyridine rings is 1. The molecule has 1 unspecified atom stereocenters. The van der Waals surface area contributed by atoms with E-state index < -0.39 is 0 Å². The molecule has 2 aromatic heterocycles. The van der Waals surface area contributed by atoms with E-state index in [4.69, 9.17) is 0 Å². The second kappa shape index (κ2) is 5.87. The zero-order valence-corrected chi connectivity index (χ0v) is 11.5. The summed E-state index contributed by atoms with van der Waals surface area (Å²) < 4.78 is 0. The Kier molecular flexibility index (Phi) is 3.77. The van der Waals surface area contributed by atoms with Crippen LogP contribution in [0, 0.1) is 5.92 Å². The van der Waals surface area contributed by atoms with Gasteiger partial charge in [-0.15, -0.1) is 0 Å². The number of imidazole rings is 1.